The number of aromatic nitrogens is 1. The molecule has 0 atom stereocenters. The zero-order valence-corrected chi connectivity index (χ0v) is 20.1. The van der Waals surface area contributed by atoms with Crippen molar-refractivity contribution in [3.63, 3.8) is 0 Å². The molecule has 1 aromatic heterocycles. The second-order valence-electron chi connectivity index (χ2n) is 8.14. The SMILES string of the molecule is O=C(c1ccc(S(=O)(=O)Nc2ccccc2)cc1)N1CCN(Cc2nc3ccccc3s2)CC1. The van der Waals surface area contributed by atoms with E-state index >= 15 is 0 Å². The minimum atomic E-state index is -3.71. The highest BCUT2D eigenvalue weighted by molar-refractivity contribution is 7.92. The fourth-order valence-electron chi connectivity index (χ4n) is 3.97. The quantitative estimate of drug-likeness (QED) is 0.439. The van der Waals surface area contributed by atoms with Crippen LogP contribution >= 0.6 is 11.3 Å². The molecule has 34 heavy (non-hydrogen) atoms. The van der Waals surface area contributed by atoms with Crippen LogP contribution in [0.25, 0.3) is 10.2 Å². The summed E-state index contributed by atoms with van der Waals surface area (Å²) in [6.07, 6.45) is 0. The summed E-state index contributed by atoms with van der Waals surface area (Å²) in [6, 6.07) is 23.0. The van der Waals surface area contributed by atoms with Crippen molar-refractivity contribution in [2.75, 3.05) is 30.9 Å². The van der Waals surface area contributed by atoms with Gasteiger partial charge < -0.3 is 4.90 Å². The molecule has 0 aliphatic carbocycles. The Morgan fingerprint density at radius 2 is 1.56 bits per heavy atom. The Hall–Kier alpha value is -3.27. The maximum Gasteiger partial charge on any atom is 0.261 e. The van der Waals surface area contributed by atoms with Gasteiger partial charge in [-0.15, -0.1) is 11.3 Å². The molecule has 0 bridgehead atoms. The Bertz CT molecular complexity index is 1360. The van der Waals surface area contributed by atoms with Gasteiger partial charge in [-0.1, -0.05) is 30.3 Å². The van der Waals surface area contributed by atoms with Crippen molar-refractivity contribution < 1.29 is 13.2 Å². The number of carbonyl (C=O) groups excluding carboxylic acids is 1. The first-order valence-electron chi connectivity index (χ1n) is 11.0. The van der Waals surface area contributed by atoms with Crippen molar-refractivity contribution in [3.8, 4) is 0 Å². The maximum atomic E-state index is 13.0. The summed E-state index contributed by atoms with van der Waals surface area (Å²) in [5.74, 6) is -0.0837. The van der Waals surface area contributed by atoms with Gasteiger partial charge in [0.2, 0.25) is 0 Å². The van der Waals surface area contributed by atoms with Gasteiger partial charge in [-0.2, -0.15) is 0 Å². The molecule has 0 spiro atoms. The number of hydrogen-bond acceptors (Lipinski definition) is 6. The third-order valence-electron chi connectivity index (χ3n) is 5.79. The Labute approximate surface area is 202 Å². The molecular formula is C25H24N4O3S2. The smallest absolute Gasteiger partial charge is 0.261 e. The third kappa shape index (κ3) is 4.96. The number of anilines is 1. The average Bonchev–Trinajstić information content (AvgIpc) is 3.27. The first-order chi connectivity index (χ1) is 16.5. The number of amides is 1. The highest BCUT2D eigenvalue weighted by atomic mass is 32.2. The Morgan fingerprint density at radius 3 is 2.26 bits per heavy atom. The predicted molar refractivity (Wildman–Crippen MR) is 134 cm³/mol. The maximum absolute atomic E-state index is 13.0. The second kappa shape index (κ2) is 9.54. The number of para-hydroxylation sites is 2. The van der Waals surface area contributed by atoms with Crippen LogP contribution < -0.4 is 4.72 Å². The van der Waals surface area contributed by atoms with Crippen LogP contribution in [0.3, 0.4) is 0 Å². The molecule has 2 heterocycles. The predicted octanol–water partition coefficient (Wildman–Crippen LogP) is 4.06. The Kier molecular flexibility index (Phi) is 6.32. The van der Waals surface area contributed by atoms with Crippen LogP contribution in [0.15, 0.2) is 83.8 Å². The van der Waals surface area contributed by atoms with E-state index in [1.807, 2.05) is 29.2 Å². The minimum absolute atomic E-state index is 0.0837. The van der Waals surface area contributed by atoms with Gasteiger partial charge in [0.15, 0.2) is 0 Å². The number of thiazole rings is 1. The van der Waals surface area contributed by atoms with Crippen LogP contribution in [-0.4, -0.2) is 55.3 Å². The van der Waals surface area contributed by atoms with E-state index in [1.165, 1.54) is 16.8 Å². The van der Waals surface area contributed by atoms with Crippen LogP contribution in [-0.2, 0) is 16.6 Å². The van der Waals surface area contributed by atoms with Crippen molar-refractivity contribution in [1.82, 2.24) is 14.8 Å². The Morgan fingerprint density at radius 1 is 0.882 bits per heavy atom. The lowest BCUT2D eigenvalue weighted by atomic mass is 10.2. The largest absolute Gasteiger partial charge is 0.336 e. The molecule has 9 heteroatoms. The summed E-state index contributed by atoms with van der Waals surface area (Å²) < 4.78 is 29.0. The van der Waals surface area contributed by atoms with Crippen LogP contribution in [0.2, 0.25) is 0 Å². The van der Waals surface area contributed by atoms with Crippen molar-refractivity contribution in [2.45, 2.75) is 11.4 Å². The number of rotatable bonds is 6. The third-order valence-corrected chi connectivity index (χ3v) is 8.21. The highest BCUT2D eigenvalue weighted by Gasteiger charge is 2.23. The average molecular weight is 493 g/mol. The first-order valence-corrected chi connectivity index (χ1v) is 13.3. The van der Waals surface area contributed by atoms with Gasteiger partial charge in [-0.05, 0) is 48.5 Å². The number of piperazine rings is 1. The lowest BCUT2D eigenvalue weighted by Crippen LogP contribution is -2.48. The molecule has 1 saturated heterocycles. The number of fused-ring (bicyclic) bond motifs is 1. The zero-order valence-electron chi connectivity index (χ0n) is 18.4. The van der Waals surface area contributed by atoms with E-state index in [-0.39, 0.29) is 10.8 Å². The van der Waals surface area contributed by atoms with Crippen LogP contribution in [0, 0.1) is 0 Å². The fourth-order valence-corrected chi connectivity index (χ4v) is 6.04. The number of carbonyl (C=O) groups is 1. The standard InChI is InChI=1S/C25H24N4O3S2/c30-25(19-10-12-21(13-11-19)34(31,32)27-20-6-2-1-3-7-20)29-16-14-28(15-17-29)18-24-26-22-8-4-5-9-23(22)33-24/h1-13,27H,14-18H2. The van der Waals surface area contributed by atoms with Gasteiger partial charge in [-0.3, -0.25) is 14.4 Å². The number of benzene rings is 3. The summed E-state index contributed by atoms with van der Waals surface area (Å²) in [6.45, 7) is 3.57. The molecule has 0 radical (unpaired) electrons. The van der Waals surface area contributed by atoms with E-state index in [1.54, 1.807) is 47.7 Å². The van der Waals surface area contributed by atoms with E-state index in [0.717, 1.165) is 30.2 Å². The van der Waals surface area contributed by atoms with Crippen molar-refractivity contribution >= 4 is 43.2 Å². The van der Waals surface area contributed by atoms with Crippen molar-refractivity contribution in [3.05, 3.63) is 89.4 Å². The highest BCUT2D eigenvalue weighted by Crippen LogP contribution is 2.23. The van der Waals surface area contributed by atoms with Gasteiger partial charge in [0.25, 0.3) is 15.9 Å². The summed E-state index contributed by atoms with van der Waals surface area (Å²) in [5.41, 5.74) is 2.00. The normalized spacial score (nSPS) is 14.9. The van der Waals surface area contributed by atoms with E-state index < -0.39 is 10.0 Å². The molecule has 0 saturated carbocycles. The van der Waals surface area contributed by atoms with E-state index in [2.05, 4.69) is 15.7 Å². The molecule has 3 aromatic carbocycles. The summed E-state index contributed by atoms with van der Waals surface area (Å²) in [4.78, 5) is 21.9. The van der Waals surface area contributed by atoms with E-state index in [9.17, 15) is 13.2 Å². The number of nitrogens with zero attached hydrogens (tertiary/aromatic N) is 3. The topological polar surface area (TPSA) is 82.6 Å². The number of nitrogens with one attached hydrogen (secondary N) is 1. The van der Waals surface area contributed by atoms with Crippen LogP contribution in [0.5, 0.6) is 0 Å². The van der Waals surface area contributed by atoms with Crippen molar-refractivity contribution in [2.24, 2.45) is 0 Å². The lowest BCUT2D eigenvalue weighted by Gasteiger charge is -2.34. The molecule has 0 unspecified atom stereocenters. The summed E-state index contributed by atoms with van der Waals surface area (Å²) >= 11 is 1.71. The van der Waals surface area contributed by atoms with E-state index in [0.29, 0.717) is 24.3 Å². The first kappa shape index (κ1) is 22.5. The van der Waals surface area contributed by atoms with Crippen LogP contribution in [0.4, 0.5) is 5.69 Å². The van der Waals surface area contributed by atoms with Crippen molar-refractivity contribution in [1.29, 1.82) is 0 Å². The van der Waals surface area contributed by atoms with Gasteiger partial charge >= 0.3 is 0 Å². The Balaban J connectivity index is 1.18. The lowest BCUT2D eigenvalue weighted by molar-refractivity contribution is 0.0628. The minimum Gasteiger partial charge on any atom is -0.336 e. The fraction of sp³-hybridized carbons (Fsp3) is 0.200. The molecule has 1 amide bonds. The van der Waals surface area contributed by atoms with Gasteiger partial charge in [0.1, 0.15) is 5.01 Å². The summed E-state index contributed by atoms with van der Waals surface area (Å²) in [5, 5.41) is 1.09. The van der Waals surface area contributed by atoms with Gasteiger partial charge in [-0.25, -0.2) is 13.4 Å². The molecule has 1 aliphatic rings. The summed E-state index contributed by atoms with van der Waals surface area (Å²) in [7, 11) is -3.71. The molecular weight excluding hydrogens is 468 g/mol. The molecule has 5 rings (SSSR count). The molecule has 174 valence electrons. The van der Waals surface area contributed by atoms with Gasteiger partial charge in [0.05, 0.1) is 21.7 Å². The van der Waals surface area contributed by atoms with Gasteiger partial charge in [0, 0.05) is 37.4 Å². The molecule has 4 aromatic rings. The number of hydrogen-bond donors (Lipinski definition) is 1. The monoisotopic (exact) mass is 492 g/mol. The molecule has 1 aliphatic heterocycles. The molecule has 7 nitrogen and oxygen atoms in total. The van der Waals surface area contributed by atoms with E-state index in [4.69, 9.17) is 4.98 Å². The zero-order chi connectivity index (χ0) is 23.5. The second-order valence-corrected chi connectivity index (χ2v) is 10.9. The molecule has 1 N–H and O–H groups in total. The molecule has 1 fully saturated rings. The van der Waals surface area contributed by atoms with Crippen LogP contribution in [0.1, 0.15) is 15.4 Å². The number of sulfonamides is 1.